The van der Waals surface area contributed by atoms with E-state index in [0.29, 0.717) is 23.2 Å². The first-order valence-electron chi connectivity index (χ1n) is 9.41. The minimum atomic E-state index is -0.124. The minimum Gasteiger partial charge on any atom is -0.495 e. The Kier molecular flexibility index (Phi) is 4.66. The number of ether oxygens (including phenoxy) is 1. The Hall–Kier alpha value is -3.09. The van der Waals surface area contributed by atoms with Crippen molar-refractivity contribution in [2.45, 2.75) is 46.1 Å². The van der Waals surface area contributed by atoms with Gasteiger partial charge in [-0.1, -0.05) is 11.2 Å². The van der Waals surface area contributed by atoms with Crippen molar-refractivity contribution >= 4 is 11.6 Å². The molecule has 1 fully saturated rings. The molecule has 7 nitrogen and oxygen atoms in total. The fraction of sp³-hybridized carbons (Fsp3) is 0.381. The second-order valence-corrected chi connectivity index (χ2v) is 7.35. The van der Waals surface area contributed by atoms with Gasteiger partial charge in [0, 0.05) is 17.3 Å². The summed E-state index contributed by atoms with van der Waals surface area (Å²) in [6.07, 6.45) is 2.25. The van der Waals surface area contributed by atoms with Crippen LogP contribution in [0.2, 0.25) is 0 Å². The van der Waals surface area contributed by atoms with E-state index in [0.717, 1.165) is 41.2 Å². The van der Waals surface area contributed by atoms with Crippen LogP contribution in [0.25, 0.3) is 11.5 Å². The summed E-state index contributed by atoms with van der Waals surface area (Å²) in [6.45, 7) is 6.10. The Balaban J connectivity index is 1.54. The number of carbonyl (C=O) groups is 1. The molecule has 2 aromatic heterocycles. The zero-order chi connectivity index (χ0) is 19.8. The van der Waals surface area contributed by atoms with E-state index in [2.05, 4.69) is 15.5 Å². The molecule has 1 aliphatic rings. The van der Waals surface area contributed by atoms with Crippen LogP contribution in [-0.4, -0.2) is 27.7 Å². The van der Waals surface area contributed by atoms with Crippen molar-refractivity contribution in [3.05, 3.63) is 47.0 Å². The number of carbonyl (C=O) groups excluding carboxylic acids is 1. The van der Waals surface area contributed by atoms with E-state index in [4.69, 9.17) is 9.26 Å². The van der Waals surface area contributed by atoms with Gasteiger partial charge in [-0.3, -0.25) is 4.79 Å². The molecule has 146 valence electrons. The van der Waals surface area contributed by atoms with Crippen LogP contribution in [0.1, 0.15) is 41.5 Å². The van der Waals surface area contributed by atoms with Crippen molar-refractivity contribution in [1.82, 2.24) is 14.7 Å². The van der Waals surface area contributed by atoms with Gasteiger partial charge < -0.3 is 19.1 Å². The summed E-state index contributed by atoms with van der Waals surface area (Å²) in [4.78, 5) is 17.2. The second kappa shape index (κ2) is 7.14. The van der Waals surface area contributed by atoms with E-state index in [1.807, 2.05) is 49.6 Å². The molecule has 3 aromatic rings. The lowest BCUT2D eigenvalue weighted by molar-refractivity contribution is -0.116. The summed E-state index contributed by atoms with van der Waals surface area (Å²) >= 11 is 0. The first kappa shape index (κ1) is 18.3. The van der Waals surface area contributed by atoms with Crippen molar-refractivity contribution in [3.8, 4) is 17.2 Å². The average molecular weight is 380 g/mol. The number of methoxy groups -OCH3 is 1. The zero-order valence-electron chi connectivity index (χ0n) is 16.6. The van der Waals surface area contributed by atoms with Crippen LogP contribution in [-0.2, 0) is 11.3 Å². The van der Waals surface area contributed by atoms with E-state index in [9.17, 15) is 4.79 Å². The number of benzene rings is 1. The third-order valence-corrected chi connectivity index (χ3v) is 5.12. The van der Waals surface area contributed by atoms with E-state index in [-0.39, 0.29) is 12.5 Å². The summed E-state index contributed by atoms with van der Waals surface area (Å²) in [6, 6.07) is 7.68. The fourth-order valence-electron chi connectivity index (χ4n) is 3.37. The smallest absolute Gasteiger partial charge is 0.259 e. The molecular formula is C21H24N4O3. The lowest BCUT2D eigenvalue weighted by atomic mass is 10.2. The highest BCUT2D eigenvalue weighted by atomic mass is 16.5. The van der Waals surface area contributed by atoms with Crippen LogP contribution in [0, 0.1) is 20.8 Å². The van der Waals surface area contributed by atoms with E-state index >= 15 is 0 Å². The van der Waals surface area contributed by atoms with Crippen molar-refractivity contribution in [2.75, 3.05) is 12.4 Å². The van der Waals surface area contributed by atoms with Crippen molar-refractivity contribution in [2.24, 2.45) is 0 Å². The van der Waals surface area contributed by atoms with Gasteiger partial charge in [0.05, 0.1) is 18.4 Å². The quantitative estimate of drug-likeness (QED) is 0.699. The highest BCUT2D eigenvalue weighted by molar-refractivity contribution is 5.92. The van der Waals surface area contributed by atoms with Gasteiger partial charge in [-0.2, -0.15) is 4.98 Å². The van der Waals surface area contributed by atoms with Crippen LogP contribution in [0.5, 0.6) is 5.75 Å². The largest absolute Gasteiger partial charge is 0.495 e. The molecule has 1 aliphatic carbocycles. The topological polar surface area (TPSA) is 82.2 Å². The van der Waals surface area contributed by atoms with Gasteiger partial charge in [0.1, 0.15) is 12.3 Å². The van der Waals surface area contributed by atoms with Crippen molar-refractivity contribution in [3.63, 3.8) is 0 Å². The Morgan fingerprint density at radius 3 is 2.79 bits per heavy atom. The molecule has 0 bridgehead atoms. The van der Waals surface area contributed by atoms with Crippen LogP contribution in [0.4, 0.5) is 5.69 Å². The Bertz CT molecular complexity index is 1030. The first-order chi connectivity index (χ1) is 13.5. The fourth-order valence-corrected chi connectivity index (χ4v) is 3.37. The predicted octanol–water partition coefficient (Wildman–Crippen LogP) is 3.99. The summed E-state index contributed by atoms with van der Waals surface area (Å²) in [5.74, 6) is 2.25. The summed E-state index contributed by atoms with van der Waals surface area (Å²) in [7, 11) is 1.59. The van der Waals surface area contributed by atoms with Gasteiger partial charge in [-0.05, 0) is 57.4 Å². The molecule has 0 radical (unpaired) electrons. The summed E-state index contributed by atoms with van der Waals surface area (Å²) in [5.41, 5.74) is 4.48. The molecule has 0 atom stereocenters. The third-order valence-electron chi connectivity index (χ3n) is 5.12. The van der Waals surface area contributed by atoms with Gasteiger partial charge >= 0.3 is 0 Å². The maximum Gasteiger partial charge on any atom is 0.259 e. The Morgan fingerprint density at radius 2 is 2.07 bits per heavy atom. The molecule has 0 unspecified atom stereocenters. The summed E-state index contributed by atoms with van der Waals surface area (Å²) in [5, 5.41) is 7.04. The Morgan fingerprint density at radius 1 is 1.29 bits per heavy atom. The lowest BCUT2D eigenvalue weighted by Gasteiger charge is -2.13. The first-order valence-corrected chi connectivity index (χ1v) is 9.41. The van der Waals surface area contributed by atoms with Crippen LogP contribution < -0.4 is 10.1 Å². The van der Waals surface area contributed by atoms with E-state index < -0.39 is 0 Å². The molecule has 1 aromatic carbocycles. The average Bonchev–Trinajstić information content (AvgIpc) is 3.34. The van der Waals surface area contributed by atoms with Crippen LogP contribution in [0.3, 0.4) is 0 Å². The maximum absolute atomic E-state index is 12.7. The molecule has 4 rings (SSSR count). The van der Waals surface area contributed by atoms with Gasteiger partial charge in [0.25, 0.3) is 5.89 Å². The highest BCUT2D eigenvalue weighted by Gasteiger charge is 2.29. The number of rotatable bonds is 6. The molecule has 0 saturated heterocycles. The standard InChI is InChI=1S/C21H24N4O3/c1-12-5-8-18(27-4)17(9-12)22-19(26)11-25-13(2)10-16(14(25)3)21-23-20(24-28-21)15-6-7-15/h5,8-10,15H,6-7,11H2,1-4H3,(H,22,26). The number of anilines is 1. The van der Waals surface area contributed by atoms with Gasteiger partial charge in [0.2, 0.25) is 5.91 Å². The molecule has 0 aliphatic heterocycles. The van der Waals surface area contributed by atoms with Crippen molar-refractivity contribution in [1.29, 1.82) is 0 Å². The predicted molar refractivity (Wildman–Crippen MR) is 106 cm³/mol. The molecule has 0 spiro atoms. The highest BCUT2D eigenvalue weighted by Crippen LogP contribution is 2.39. The molecule has 1 saturated carbocycles. The third kappa shape index (κ3) is 3.52. The van der Waals surface area contributed by atoms with Gasteiger partial charge in [0.15, 0.2) is 5.82 Å². The lowest BCUT2D eigenvalue weighted by Crippen LogP contribution is -2.20. The van der Waals surface area contributed by atoms with Gasteiger partial charge in [-0.15, -0.1) is 0 Å². The number of aromatic nitrogens is 3. The molecule has 1 N–H and O–H groups in total. The number of hydrogen-bond acceptors (Lipinski definition) is 5. The van der Waals surface area contributed by atoms with Crippen LogP contribution >= 0.6 is 0 Å². The Labute approximate surface area is 163 Å². The maximum atomic E-state index is 12.7. The van der Waals surface area contributed by atoms with Gasteiger partial charge in [-0.25, -0.2) is 0 Å². The second-order valence-electron chi connectivity index (χ2n) is 7.35. The number of amides is 1. The summed E-state index contributed by atoms with van der Waals surface area (Å²) < 4.78 is 12.7. The number of nitrogens with zero attached hydrogens (tertiary/aromatic N) is 3. The molecular weight excluding hydrogens is 356 g/mol. The SMILES string of the molecule is COc1ccc(C)cc1NC(=O)Cn1c(C)cc(-c2nc(C3CC3)no2)c1C. The van der Waals surface area contributed by atoms with Crippen LogP contribution in [0.15, 0.2) is 28.8 Å². The van der Waals surface area contributed by atoms with Crippen molar-refractivity contribution < 1.29 is 14.1 Å². The molecule has 1 amide bonds. The molecule has 2 heterocycles. The monoisotopic (exact) mass is 380 g/mol. The number of aryl methyl sites for hydroxylation is 2. The zero-order valence-corrected chi connectivity index (χ0v) is 16.6. The normalized spacial score (nSPS) is 13.6. The molecule has 7 heteroatoms. The minimum absolute atomic E-state index is 0.124. The molecule has 28 heavy (non-hydrogen) atoms. The number of nitrogens with one attached hydrogen (secondary N) is 1. The number of hydrogen-bond donors (Lipinski definition) is 1. The van der Waals surface area contributed by atoms with E-state index in [1.54, 1.807) is 7.11 Å². The van der Waals surface area contributed by atoms with E-state index in [1.165, 1.54) is 0 Å².